The summed E-state index contributed by atoms with van der Waals surface area (Å²) in [5, 5.41) is 2.76. The molecule has 1 fully saturated rings. The maximum absolute atomic E-state index is 12.4. The van der Waals surface area contributed by atoms with Gasteiger partial charge in [-0.3, -0.25) is 9.59 Å². The number of rotatable bonds is 2. The van der Waals surface area contributed by atoms with E-state index in [0.29, 0.717) is 19.4 Å². The summed E-state index contributed by atoms with van der Waals surface area (Å²) in [4.78, 5) is 25.7. The van der Waals surface area contributed by atoms with E-state index in [-0.39, 0.29) is 11.8 Å². The first-order chi connectivity index (χ1) is 9.02. The van der Waals surface area contributed by atoms with Crippen LogP contribution in [0.5, 0.6) is 0 Å². The number of hydrogen-bond acceptors (Lipinski definition) is 2. The van der Waals surface area contributed by atoms with Crippen molar-refractivity contribution in [2.75, 3.05) is 11.4 Å². The molecule has 0 aromatic heterocycles. The summed E-state index contributed by atoms with van der Waals surface area (Å²) in [5.41, 5.74) is 1.92. The van der Waals surface area contributed by atoms with Gasteiger partial charge in [-0.2, -0.15) is 0 Å². The van der Waals surface area contributed by atoms with Crippen molar-refractivity contribution >= 4 is 33.4 Å². The molecule has 0 bridgehead atoms. The van der Waals surface area contributed by atoms with E-state index in [0.717, 1.165) is 15.7 Å². The number of anilines is 1. The lowest BCUT2D eigenvalue weighted by molar-refractivity contribution is -0.125. The van der Waals surface area contributed by atoms with Crippen molar-refractivity contribution in [1.82, 2.24) is 5.32 Å². The molecule has 1 saturated heterocycles. The van der Waals surface area contributed by atoms with Gasteiger partial charge in [0.2, 0.25) is 11.8 Å². The van der Waals surface area contributed by atoms with E-state index in [1.165, 1.54) is 0 Å². The summed E-state index contributed by atoms with van der Waals surface area (Å²) in [5.74, 6) is -0.0911. The molecule has 19 heavy (non-hydrogen) atoms. The fourth-order valence-corrected chi connectivity index (χ4v) is 2.42. The Bertz CT molecular complexity index is 516. The van der Waals surface area contributed by atoms with E-state index in [1.807, 2.05) is 32.0 Å². The topological polar surface area (TPSA) is 49.4 Å². The van der Waals surface area contributed by atoms with Crippen molar-refractivity contribution in [3.63, 3.8) is 0 Å². The Morgan fingerprint density at radius 2 is 2.16 bits per heavy atom. The Hall–Kier alpha value is -1.36. The zero-order valence-electron chi connectivity index (χ0n) is 11.1. The summed E-state index contributed by atoms with van der Waals surface area (Å²) < 4.78 is 1.01. The minimum Gasteiger partial charge on any atom is -0.344 e. The smallest absolute Gasteiger partial charge is 0.249 e. The van der Waals surface area contributed by atoms with Gasteiger partial charge in [-0.1, -0.05) is 22.9 Å². The highest BCUT2D eigenvalue weighted by Gasteiger charge is 2.29. The Labute approximate surface area is 121 Å². The molecule has 1 heterocycles. The highest BCUT2D eigenvalue weighted by molar-refractivity contribution is 9.10. The molecule has 5 heteroatoms. The van der Waals surface area contributed by atoms with Gasteiger partial charge in [0.25, 0.3) is 0 Å². The third-order valence-electron chi connectivity index (χ3n) is 3.32. The molecule has 4 nitrogen and oxygen atoms in total. The van der Waals surface area contributed by atoms with Crippen LogP contribution in [-0.2, 0) is 9.59 Å². The van der Waals surface area contributed by atoms with E-state index in [9.17, 15) is 9.59 Å². The maximum atomic E-state index is 12.4. The van der Waals surface area contributed by atoms with E-state index < -0.39 is 6.04 Å². The molecule has 1 atom stereocenters. The predicted octanol–water partition coefficient (Wildman–Crippen LogP) is 2.39. The minimum atomic E-state index is -0.418. The first kappa shape index (κ1) is 14.1. The number of amides is 2. The van der Waals surface area contributed by atoms with Gasteiger partial charge in [0.15, 0.2) is 0 Å². The van der Waals surface area contributed by atoms with Crippen LogP contribution in [0.3, 0.4) is 0 Å². The maximum Gasteiger partial charge on any atom is 0.249 e. The first-order valence-electron chi connectivity index (χ1n) is 6.39. The predicted molar refractivity (Wildman–Crippen MR) is 78.1 cm³/mol. The molecule has 1 aliphatic rings. The quantitative estimate of drug-likeness (QED) is 0.908. The highest BCUT2D eigenvalue weighted by atomic mass is 79.9. The third-order valence-corrected chi connectivity index (χ3v) is 4.21. The SMILES string of the molecule is CCC1NC(=O)CCN(c2ccc(Br)c(C)c2)C1=O. The average Bonchev–Trinajstić information content (AvgIpc) is 2.53. The second-order valence-electron chi connectivity index (χ2n) is 4.70. The van der Waals surface area contributed by atoms with Crippen LogP contribution >= 0.6 is 15.9 Å². The number of aryl methyl sites for hydroxylation is 1. The molecule has 0 spiro atoms. The van der Waals surface area contributed by atoms with Crippen LogP contribution in [0, 0.1) is 6.92 Å². The van der Waals surface area contributed by atoms with Crippen LogP contribution in [0.25, 0.3) is 0 Å². The Balaban J connectivity index is 2.33. The number of nitrogens with one attached hydrogen (secondary N) is 1. The van der Waals surface area contributed by atoms with Gasteiger partial charge in [-0.05, 0) is 37.1 Å². The molecule has 1 N–H and O–H groups in total. The van der Waals surface area contributed by atoms with Gasteiger partial charge in [0.05, 0.1) is 0 Å². The summed E-state index contributed by atoms with van der Waals surface area (Å²) in [7, 11) is 0. The van der Waals surface area contributed by atoms with Gasteiger partial charge in [0, 0.05) is 23.1 Å². The Kier molecular flexibility index (Phi) is 4.24. The van der Waals surface area contributed by atoms with Crippen LogP contribution in [0.1, 0.15) is 25.3 Å². The van der Waals surface area contributed by atoms with Gasteiger partial charge >= 0.3 is 0 Å². The monoisotopic (exact) mass is 324 g/mol. The molecular weight excluding hydrogens is 308 g/mol. The molecule has 1 unspecified atom stereocenters. The number of benzene rings is 1. The van der Waals surface area contributed by atoms with Crippen molar-refractivity contribution in [2.45, 2.75) is 32.7 Å². The molecule has 1 aromatic carbocycles. The summed E-state index contributed by atoms with van der Waals surface area (Å²) in [6, 6.07) is 5.38. The number of hydrogen-bond donors (Lipinski definition) is 1. The lowest BCUT2D eigenvalue weighted by atomic mass is 10.1. The zero-order valence-corrected chi connectivity index (χ0v) is 12.7. The van der Waals surface area contributed by atoms with Crippen LogP contribution in [0.4, 0.5) is 5.69 Å². The normalized spacial score (nSPS) is 20.2. The van der Waals surface area contributed by atoms with E-state index in [2.05, 4.69) is 21.2 Å². The molecular formula is C14H17BrN2O2. The fraction of sp³-hybridized carbons (Fsp3) is 0.429. The second-order valence-corrected chi connectivity index (χ2v) is 5.56. The number of nitrogens with zero attached hydrogens (tertiary/aromatic N) is 1. The summed E-state index contributed by atoms with van der Waals surface area (Å²) in [6.07, 6.45) is 0.952. The van der Waals surface area contributed by atoms with Crippen molar-refractivity contribution in [2.24, 2.45) is 0 Å². The third kappa shape index (κ3) is 2.97. The van der Waals surface area contributed by atoms with Gasteiger partial charge in [-0.25, -0.2) is 0 Å². The van der Waals surface area contributed by atoms with E-state index in [1.54, 1.807) is 4.90 Å². The largest absolute Gasteiger partial charge is 0.344 e. The molecule has 2 rings (SSSR count). The summed E-state index contributed by atoms with van der Waals surface area (Å²) in [6.45, 7) is 4.32. The van der Waals surface area contributed by atoms with E-state index >= 15 is 0 Å². The molecule has 1 aliphatic heterocycles. The fourth-order valence-electron chi connectivity index (χ4n) is 2.17. The van der Waals surface area contributed by atoms with Gasteiger partial charge < -0.3 is 10.2 Å². The molecule has 0 aliphatic carbocycles. The lowest BCUT2D eigenvalue weighted by Gasteiger charge is -2.24. The molecule has 102 valence electrons. The Morgan fingerprint density at radius 3 is 2.79 bits per heavy atom. The zero-order chi connectivity index (χ0) is 14.0. The van der Waals surface area contributed by atoms with Crippen molar-refractivity contribution in [3.05, 3.63) is 28.2 Å². The second kappa shape index (κ2) is 5.74. The van der Waals surface area contributed by atoms with Crippen molar-refractivity contribution in [1.29, 1.82) is 0 Å². The number of carbonyl (C=O) groups is 2. The van der Waals surface area contributed by atoms with Gasteiger partial charge in [0.1, 0.15) is 6.04 Å². The Morgan fingerprint density at radius 1 is 1.42 bits per heavy atom. The van der Waals surface area contributed by atoms with E-state index in [4.69, 9.17) is 0 Å². The van der Waals surface area contributed by atoms with Crippen molar-refractivity contribution < 1.29 is 9.59 Å². The number of halogens is 1. The lowest BCUT2D eigenvalue weighted by Crippen LogP contribution is -2.44. The summed E-state index contributed by atoms with van der Waals surface area (Å²) >= 11 is 3.45. The molecule has 0 saturated carbocycles. The van der Waals surface area contributed by atoms with Crippen LogP contribution in [-0.4, -0.2) is 24.4 Å². The molecule has 0 radical (unpaired) electrons. The minimum absolute atomic E-state index is 0.0323. The van der Waals surface area contributed by atoms with Gasteiger partial charge in [-0.15, -0.1) is 0 Å². The first-order valence-corrected chi connectivity index (χ1v) is 7.19. The van der Waals surface area contributed by atoms with Crippen LogP contribution < -0.4 is 10.2 Å². The standard InChI is InChI=1S/C14H17BrN2O2/c1-3-12-14(19)17(7-6-13(18)16-12)10-4-5-11(15)9(2)8-10/h4-5,8,12H,3,6-7H2,1-2H3,(H,16,18). The van der Waals surface area contributed by atoms with Crippen LogP contribution in [0.2, 0.25) is 0 Å². The number of carbonyl (C=O) groups excluding carboxylic acids is 2. The molecule has 2 amide bonds. The van der Waals surface area contributed by atoms with Crippen LogP contribution in [0.15, 0.2) is 22.7 Å². The van der Waals surface area contributed by atoms with Crippen molar-refractivity contribution in [3.8, 4) is 0 Å². The molecule has 1 aromatic rings. The average molecular weight is 325 g/mol. The highest BCUT2D eigenvalue weighted by Crippen LogP contribution is 2.24.